The minimum absolute atomic E-state index is 0.0214. The predicted octanol–water partition coefficient (Wildman–Crippen LogP) is 1.81. The lowest BCUT2D eigenvalue weighted by Crippen LogP contribution is -2.58. The third kappa shape index (κ3) is 4.70. The fourth-order valence-electron chi connectivity index (χ4n) is 3.60. The molecular formula is C22H28O8. The number of ketones is 1. The van der Waals surface area contributed by atoms with Gasteiger partial charge in [-0.15, -0.1) is 0 Å². The lowest BCUT2D eigenvalue weighted by atomic mass is 9.77. The Morgan fingerprint density at radius 2 is 1.93 bits per heavy atom. The summed E-state index contributed by atoms with van der Waals surface area (Å²) in [6.45, 7) is 11.0. The van der Waals surface area contributed by atoms with Crippen LogP contribution in [0.5, 0.6) is 0 Å². The molecule has 1 heterocycles. The molecule has 2 rings (SSSR count). The van der Waals surface area contributed by atoms with Gasteiger partial charge in [0.25, 0.3) is 0 Å². The molecule has 164 valence electrons. The molecule has 1 N–H and O–H groups in total. The van der Waals surface area contributed by atoms with Gasteiger partial charge in [-0.05, 0) is 39.2 Å². The van der Waals surface area contributed by atoms with E-state index < -0.39 is 53.5 Å². The molecule has 1 aliphatic carbocycles. The summed E-state index contributed by atoms with van der Waals surface area (Å²) < 4.78 is 16.4. The Bertz CT molecular complexity index is 819. The van der Waals surface area contributed by atoms with Crippen LogP contribution in [0.4, 0.5) is 0 Å². The Hall–Kier alpha value is -2.74. The van der Waals surface area contributed by atoms with E-state index >= 15 is 0 Å². The van der Waals surface area contributed by atoms with Crippen molar-refractivity contribution >= 4 is 23.7 Å². The molecule has 8 nitrogen and oxygen atoms in total. The van der Waals surface area contributed by atoms with Crippen LogP contribution in [0.2, 0.25) is 0 Å². The van der Waals surface area contributed by atoms with E-state index in [2.05, 4.69) is 6.58 Å². The van der Waals surface area contributed by atoms with E-state index in [1.807, 2.05) is 6.92 Å². The summed E-state index contributed by atoms with van der Waals surface area (Å²) in [5.74, 6) is -4.03. The molecule has 6 atom stereocenters. The molecule has 0 saturated carbocycles. The van der Waals surface area contributed by atoms with Crippen LogP contribution < -0.4 is 0 Å². The van der Waals surface area contributed by atoms with Gasteiger partial charge >= 0.3 is 17.9 Å². The second-order valence-corrected chi connectivity index (χ2v) is 7.95. The number of hydrogen-bond donors (Lipinski definition) is 1. The quantitative estimate of drug-likeness (QED) is 0.417. The summed E-state index contributed by atoms with van der Waals surface area (Å²) in [5, 5.41) is 11.1. The zero-order valence-electron chi connectivity index (χ0n) is 17.8. The van der Waals surface area contributed by atoms with Crippen LogP contribution in [0.15, 0.2) is 36.0 Å². The van der Waals surface area contributed by atoms with Gasteiger partial charge in [-0.1, -0.05) is 25.7 Å². The smallest absolute Gasteiger partial charge is 0.334 e. The Morgan fingerprint density at radius 1 is 1.30 bits per heavy atom. The van der Waals surface area contributed by atoms with E-state index in [0.29, 0.717) is 6.42 Å². The molecule has 2 aliphatic rings. The Labute approximate surface area is 175 Å². The molecule has 0 aromatic rings. The van der Waals surface area contributed by atoms with Crippen molar-refractivity contribution in [3.8, 4) is 0 Å². The van der Waals surface area contributed by atoms with Gasteiger partial charge in [-0.3, -0.25) is 9.59 Å². The van der Waals surface area contributed by atoms with Crippen LogP contribution in [0.3, 0.4) is 0 Å². The Balaban J connectivity index is 2.68. The second-order valence-electron chi connectivity index (χ2n) is 7.95. The first kappa shape index (κ1) is 23.5. The third-order valence-corrected chi connectivity index (χ3v) is 5.50. The molecule has 0 radical (unpaired) electrons. The van der Waals surface area contributed by atoms with Crippen molar-refractivity contribution < 1.29 is 38.5 Å². The first-order valence-electron chi connectivity index (χ1n) is 9.76. The second kappa shape index (κ2) is 8.95. The minimum Gasteiger partial charge on any atom is -0.458 e. The third-order valence-electron chi connectivity index (χ3n) is 5.50. The first-order chi connectivity index (χ1) is 13.9. The number of aliphatic hydroxyl groups is 1. The first-order valence-corrected chi connectivity index (χ1v) is 9.76. The predicted molar refractivity (Wildman–Crippen MR) is 106 cm³/mol. The van der Waals surface area contributed by atoms with E-state index in [4.69, 9.17) is 14.2 Å². The number of esters is 3. The molecule has 0 aromatic carbocycles. The highest BCUT2D eigenvalue weighted by atomic mass is 16.6. The number of carbonyl (C=O) groups excluding carboxylic acids is 4. The van der Waals surface area contributed by atoms with Gasteiger partial charge in [0.1, 0.15) is 6.10 Å². The molecule has 0 spiro atoms. The monoisotopic (exact) mass is 420 g/mol. The summed E-state index contributed by atoms with van der Waals surface area (Å²) in [6.07, 6.45) is 0.930. The summed E-state index contributed by atoms with van der Waals surface area (Å²) >= 11 is 0. The van der Waals surface area contributed by atoms with Crippen molar-refractivity contribution in [2.45, 2.75) is 65.0 Å². The van der Waals surface area contributed by atoms with Gasteiger partial charge in [0.2, 0.25) is 0 Å². The van der Waals surface area contributed by atoms with Crippen LogP contribution in [0.25, 0.3) is 0 Å². The maximum atomic E-state index is 12.7. The molecule has 0 aromatic heterocycles. The van der Waals surface area contributed by atoms with Crippen molar-refractivity contribution in [2.75, 3.05) is 0 Å². The van der Waals surface area contributed by atoms with E-state index in [1.54, 1.807) is 13.0 Å². The zero-order valence-corrected chi connectivity index (χ0v) is 17.8. The van der Waals surface area contributed by atoms with Gasteiger partial charge in [-0.25, -0.2) is 9.59 Å². The van der Waals surface area contributed by atoms with Gasteiger partial charge in [-0.2, -0.15) is 0 Å². The van der Waals surface area contributed by atoms with Crippen molar-refractivity contribution in [1.82, 2.24) is 0 Å². The summed E-state index contributed by atoms with van der Waals surface area (Å²) in [4.78, 5) is 49.5. The van der Waals surface area contributed by atoms with E-state index in [9.17, 15) is 24.3 Å². The average Bonchev–Trinajstić information content (AvgIpc) is 2.94. The van der Waals surface area contributed by atoms with Crippen molar-refractivity contribution in [1.29, 1.82) is 0 Å². The fourth-order valence-corrected chi connectivity index (χ4v) is 3.60. The molecule has 1 fully saturated rings. The number of fused-ring (bicyclic) bond motifs is 1. The minimum atomic E-state index is -2.23. The van der Waals surface area contributed by atoms with E-state index in [-0.39, 0.29) is 17.1 Å². The zero-order chi connectivity index (χ0) is 22.8. The average molecular weight is 420 g/mol. The van der Waals surface area contributed by atoms with Gasteiger partial charge in [0.15, 0.2) is 23.6 Å². The number of carbonyl (C=O) groups is 4. The maximum absolute atomic E-state index is 12.7. The van der Waals surface area contributed by atoms with Crippen LogP contribution in [-0.2, 0) is 33.4 Å². The highest BCUT2D eigenvalue weighted by Gasteiger charge is 2.55. The highest BCUT2D eigenvalue weighted by Crippen LogP contribution is 2.40. The van der Waals surface area contributed by atoms with E-state index in [1.165, 1.54) is 26.0 Å². The fraction of sp³-hybridized carbons (Fsp3) is 0.545. The van der Waals surface area contributed by atoms with Crippen LogP contribution >= 0.6 is 0 Å². The molecule has 0 unspecified atom stereocenters. The summed E-state index contributed by atoms with van der Waals surface area (Å²) in [6, 6.07) is 0. The number of ether oxygens (including phenoxy) is 3. The summed E-state index contributed by atoms with van der Waals surface area (Å²) in [7, 11) is 0. The molecule has 8 heteroatoms. The SMILES string of the molecule is C=C1C(=O)O[C@@H]2C[C@@H](C)/C=C\C(=O)[C@@](C)(O)[C@H](OC(C)=O)[C@@H](OC(=O)/C(C)=C/C)[C@@H]12. The maximum Gasteiger partial charge on any atom is 0.334 e. The van der Waals surface area contributed by atoms with Crippen molar-refractivity contribution in [2.24, 2.45) is 11.8 Å². The molecule has 0 amide bonds. The standard InChI is InChI=1S/C22H28O8/c1-7-12(3)20(25)30-18-17-13(4)21(26)29-15(17)10-11(2)8-9-16(24)22(6,27)19(18)28-14(5)23/h7-9,11,15,17-19,27H,4,10H2,1-3,5-6H3/b9-8-,12-7+/t11-,15+,17-,18-,19+,22+/m0/s1. The Morgan fingerprint density at radius 3 is 2.50 bits per heavy atom. The molecule has 1 aliphatic heterocycles. The molecule has 0 bridgehead atoms. The highest BCUT2D eigenvalue weighted by molar-refractivity contribution is 5.98. The van der Waals surface area contributed by atoms with Gasteiger partial charge in [0, 0.05) is 18.1 Å². The Kier molecular flexibility index (Phi) is 7.02. The topological polar surface area (TPSA) is 116 Å². The van der Waals surface area contributed by atoms with Gasteiger partial charge < -0.3 is 19.3 Å². The van der Waals surface area contributed by atoms with Crippen LogP contribution in [0, 0.1) is 11.8 Å². The van der Waals surface area contributed by atoms with Crippen LogP contribution in [0.1, 0.15) is 41.0 Å². The summed E-state index contributed by atoms with van der Waals surface area (Å²) in [5.41, 5.74) is -1.95. The van der Waals surface area contributed by atoms with Crippen molar-refractivity contribution in [3.05, 3.63) is 36.0 Å². The largest absolute Gasteiger partial charge is 0.458 e. The molecular weight excluding hydrogens is 392 g/mol. The lowest BCUT2D eigenvalue weighted by Gasteiger charge is -2.39. The van der Waals surface area contributed by atoms with E-state index in [0.717, 1.165) is 6.92 Å². The van der Waals surface area contributed by atoms with Crippen LogP contribution in [-0.4, -0.2) is 52.7 Å². The van der Waals surface area contributed by atoms with Crippen molar-refractivity contribution in [3.63, 3.8) is 0 Å². The lowest BCUT2D eigenvalue weighted by molar-refractivity contribution is -0.194. The number of hydrogen-bond acceptors (Lipinski definition) is 8. The normalized spacial score (nSPS) is 35.9. The number of allylic oxidation sites excluding steroid dienone is 2. The van der Waals surface area contributed by atoms with Gasteiger partial charge in [0.05, 0.1) is 5.92 Å². The number of rotatable bonds is 3. The molecule has 1 saturated heterocycles. The molecule has 30 heavy (non-hydrogen) atoms.